The van der Waals surface area contributed by atoms with Crippen molar-refractivity contribution in [3.05, 3.63) is 58.1 Å². The van der Waals surface area contributed by atoms with Gasteiger partial charge in [-0.15, -0.1) is 0 Å². The number of ether oxygens (including phenoxy) is 1. The van der Waals surface area contributed by atoms with E-state index in [-0.39, 0.29) is 17.8 Å². The van der Waals surface area contributed by atoms with Gasteiger partial charge in [-0.2, -0.15) is 52.0 Å². The predicted octanol–water partition coefficient (Wildman–Crippen LogP) is 8.38. The van der Waals surface area contributed by atoms with Gasteiger partial charge in [0, 0.05) is 17.2 Å². The largest absolute Gasteiger partial charge is 0.434 e. The van der Waals surface area contributed by atoms with Crippen LogP contribution in [0.15, 0.2) is 41.5 Å². The summed E-state index contributed by atoms with van der Waals surface area (Å²) in [6.45, 7) is -1.78. The molecule has 1 aliphatic rings. The molecule has 0 fully saturated rings. The summed E-state index contributed by atoms with van der Waals surface area (Å²) >= 11 is 7.48. The van der Waals surface area contributed by atoms with Crippen molar-refractivity contribution in [1.82, 2.24) is 5.01 Å². The monoisotopic (exact) mass is 603 g/mol. The van der Waals surface area contributed by atoms with Gasteiger partial charge < -0.3 is 10.1 Å². The van der Waals surface area contributed by atoms with Crippen LogP contribution in [0.2, 0.25) is 5.02 Å². The number of rotatable bonds is 8. The molecule has 2 amide bonds. The molecule has 214 valence electrons. The fourth-order valence-corrected chi connectivity index (χ4v) is 4.84. The number of benzene rings is 2. The van der Waals surface area contributed by atoms with Crippen LogP contribution in [-0.4, -0.2) is 41.9 Å². The Morgan fingerprint density at radius 2 is 1.77 bits per heavy atom. The first-order chi connectivity index (χ1) is 18.0. The number of nitrogens with one attached hydrogen (secondary N) is 1. The maximum absolute atomic E-state index is 13.2. The first-order valence-electron chi connectivity index (χ1n) is 11.2. The molecule has 2 aromatic carbocycles. The van der Waals surface area contributed by atoms with Crippen molar-refractivity contribution in [2.75, 3.05) is 23.9 Å². The molecule has 1 atom stereocenters. The molecule has 0 saturated heterocycles. The number of nitrogens with zero attached hydrogens (tertiary/aromatic N) is 2. The van der Waals surface area contributed by atoms with E-state index in [1.54, 1.807) is 18.7 Å². The summed E-state index contributed by atoms with van der Waals surface area (Å²) < 4.78 is 108. The average Bonchev–Trinajstić information content (AvgIpc) is 3.15. The molecule has 0 saturated carbocycles. The van der Waals surface area contributed by atoms with Gasteiger partial charge in [0.05, 0.1) is 28.4 Å². The molecule has 1 aliphatic heterocycles. The van der Waals surface area contributed by atoms with Gasteiger partial charge in [0.25, 0.3) is 0 Å². The molecule has 3 rings (SSSR count). The minimum Gasteiger partial charge on any atom is -0.434 e. The molecule has 2 aromatic rings. The second-order valence-corrected chi connectivity index (χ2v) is 10.3. The summed E-state index contributed by atoms with van der Waals surface area (Å²) in [6.07, 6.45) is -6.56. The van der Waals surface area contributed by atoms with Crippen molar-refractivity contribution in [1.29, 1.82) is 0 Å². The van der Waals surface area contributed by atoms with Gasteiger partial charge in [-0.25, -0.2) is 9.80 Å². The normalized spacial score (nSPS) is 17.9. The molecule has 1 heterocycles. The Hall–Kier alpha value is -2.74. The molecule has 0 bridgehead atoms. The number of anilines is 1. The van der Waals surface area contributed by atoms with Crippen LogP contribution in [0.5, 0.6) is 5.75 Å². The number of hydrogen-bond donors (Lipinski definition) is 1. The van der Waals surface area contributed by atoms with Gasteiger partial charge in [0.2, 0.25) is 0 Å². The molecule has 5 nitrogen and oxygen atoms in total. The van der Waals surface area contributed by atoms with Crippen LogP contribution in [0.25, 0.3) is 0 Å². The van der Waals surface area contributed by atoms with Crippen LogP contribution in [0, 0.1) is 5.41 Å². The van der Waals surface area contributed by atoms with Gasteiger partial charge in [0.1, 0.15) is 5.75 Å². The Kier molecular flexibility index (Phi) is 9.31. The van der Waals surface area contributed by atoms with E-state index in [1.807, 2.05) is 6.26 Å². The molecular weight excluding hydrogens is 582 g/mol. The van der Waals surface area contributed by atoms with Gasteiger partial charge in [0.15, 0.2) is 0 Å². The summed E-state index contributed by atoms with van der Waals surface area (Å²) in [5.41, 5.74) is -3.01. The van der Waals surface area contributed by atoms with E-state index in [4.69, 9.17) is 11.6 Å². The van der Waals surface area contributed by atoms with Gasteiger partial charge in [-0.05, 0) is 54.7 Å². The fourth-order valence-electron chi connectivity index (χ4n) is 4.12. The molecule has 0 aliphatic carbocycles. The molecule has 15 heteroatoms. The van der Waals surface area contributed by atoms with Gasteiger partial charge in [-0.3, -0.25) is 0 Å². The molecule has 0 spiro atoms. The topological polar surface area (TPSA) is 53.9 Å². The molecular formula is C24H22ClF8N3O2S. The van der Waals surface area contributed by atoms with Gasteiger partial charge >= 0.3 is 25.0 Å². The number of halogens is 9. The van der Waals surface area contributed by atoms with Crippen molar-refractivity contribution < 1.29 is 44.7 Å². The van der Waals surface area contributed by atoms with Crippen LogP contribution in [0.1, 0.15) is 36.5 Å². The van der Waals surface area contributed by atoms with Crippen molar-refractivity contribution in [2.45, 2.75) is 38.7 Å². The smallest absolute Gasteiger partial charge is 0.419 e. The number of hydrazone groups is 1. The van der Waals surface area contributed by atoms with E-state index in [0.29, 0.717) is 30.7 Å². The fraction of sp³-hybridized carbons (Fsp3) is 0.417. The van der Waals surface area contributed by atoms with Crippen LogP contribution in [0.4, 0.5) is 45.6 Å². The number of amides is 2. The summed E-state index contributed by atoms with van der Waals surface area (Å²) in [5.74, 6) is -0.413. The zero-order valence-corrected chi connectivity index (χ0v) is 22.0. The van der Waals surface area contributed by atoms with E-state index in [0.717, 1.165) is 29.0 Å². The zero-order valence-electron chi connectivity index (χ0n) is 20.4. The molecule has 1 N–H and O–H groups in total. The van der Waals surface area contributed by atoms with Crippen LogP contribution in [0.3, 0.4) is 0 Å². The lowest BCUT2D eigenvalue weighted by molar-refractivity contribution is -0.142. The number of carbonyl (C=O) groups excluding carboxylic acids is 1. The van der Waals surface area contributed by atoms with Crippen molar-refractivity contribution >= 4 is 40.8 Å². The lowest BCUT2D eigenvalue weighted by atomic mass is 9.78. The highest BCUT2D eigenvalue weighted by Gasteiger charge is 2.42. The summed E-state index contributed by atoms with van der Waals surface area (Å²) in [7, 11) is 0. The minimum atomic E-state index is -4.98. The number of thioether (sulfide) groups is 1. The maximum atomic E-state index is 13.2. The third kappa shape index (κ3) is 7.47. The van der Waals surface area contributed by atoms with E-state index in [1.165, 1.54) is 6.07 Å². The van der Waals surface area contributed by atoms with Crippen LogP contribution < -0.4 is 10.1 Å². The summed E-state index contributed by atoms with van der Waals surface area (Å²) in [5, 5.41) is 7.04. The van der Waals surface area contributed by atoms with E-state index in [9.17, 15) is 39.9 Å². The molecule has 0 radical (unpaired) electrons. The van der Waals surface area contributed by atoms with Gasteiger partial charge in [-0.1, -0.05) is 24.6 Å². The number of carbonyl (C=O) groups is 1. The Morgan fingerprint density at radius 1 is 1.13 bits per heavy atom. The highest BCUT2D eigenvalue weighted by Crippen LogP contribution is 2.41. The van der Waals surface area contributed by atoms with E-state index >= 15 is 0 Å². The minimum absolute atomic E-state index is 0.0117. The lowest BCUT2D eigenvalue weighted by Gasteiger charge is -2.26. The second-order valence-electron chi connectivity index (χ2n) is 8.87. The first kappa shape index (κ1) is 30.8. The average molecular weight is 604 g/mol. The van der Waals surface area contributed by atoms with Crippen LogP contribution >= 0.6 is 23.4 Å². The first-order valence-corrected chi connectivity index (χ1v) is 13.0. The molecule has 0 aromatic heterocycles. The number of alkyl halides is 8. The predicted molar refractivity (Wildman–Crippen MR) is 133 cm³/mol. The standard InChI is InChI=1S/C24H22ClF8N3O2S/c1-22(8-3-9-39-2)12-36(35-19(22)13-4-6-15(17(25)10-13)23(28,29)30)21(37)34-14-5-7-16(24(31,32)33)18(11-14)38-20(26)27/h4-7,10-11,20H,3,8-9,12H2,1-2H3,(H,34,37). The maximum Gasteiger partial charge on any atom is 0.419 e. The second kappa shape index (κ2) is 11.8. The van der Waals surface area contributed by atoms with Crippen molar-refractivity contribution in [3.8, 4) is 5.75 Å². The Labute approximate surface area is 227 Å². The van der Waals surface area contributed by atoms with Crippen LogP contribution in [-0.2, 0) is 12.4 Å². The quantitative estimate of drug-likeness (QED) is 0.244. The third-order valence-corrected chi connectivity index (χ3v) is 6.91. The Balaban J connectivity index is 1.93. The highest BCUT2D eigenvalue weighted by molar-refractivity contribution is 7.98. The number of urea groups is 1. The van der Waals surface area contributed by atoms with Crippen molar-refractivity contribution in [3.63, 3.8) is 0 Å². The lowest BCUT2D eigenvalue weighted by Crippen LogP contribution is -2.36. The highest BCUT2D eigenvalue weighted by atomic mass is 35.5. The summed E-state index contributed by atoms with van der Waals surface area (Å²) in [6, 6.07) is 4.20. The SMILES string of the molecule is CSCCCC1(C)CN(C(=O)Nc2ccc(C(F)(F)F)c(OC(F)F)c2)N=C1c1ccc(C(F)(F)F)c(Cl)c1. The zero-order chi connectivity index (χ0) is 29.2. The molecule has 39 heavy (non-hydrogen) atoms. The van der Waals surface area contributed by atoms with E-state index in [2.05, 4.69) is 15.2 Å². The summed E-state index contributed by atoms with van der Waals surface area (Å²) in [4.78, 5) is 13.0. The van der Waals surface area contributed by atoms with Crippen molar-refractivity contribution in [2.24, 2.45) is 10.5 Å². The third-order valence-electron chi connectivity index (χ3n) is 5.90. The Bertz CT molecular complexity index is 1240. The van der Waals surface area contributed by atoms with E-state index < -0.39 is 52.3 Å². The molecule has 1 unspecified atom stereocenters. The number of hydrogen-bond acceptors (Lipinski definition) is 4. The Morgan fingerprint density at radius 3 is 2.33 bits per heavy atom.